The normalized spacial score (nSPS) is 22.1. The summed E-state index contributed by atoms with van der Waals surface area (Å²) < 4.78 is 24.0. The number of ether oxygens (including phenoxy) is 2. The van der Waals surface area contributed by atoms with Crippen LogP contribution in [0.1, 0.15) is 12.0 Å². The number of rotatable bonds is 6. The first-order chi connectivity index (χ1) is 9.54. The Kier molecular flexibility index (Phi) is 4.64. The quantitative estimate of drug-likeness (QED) is 0.635. The summed E-state index contributed by atoms with van der Waals surface area (Å²) in [7, 11) is 1.63. The second kappa shape index (κ2) is 6.25. The van der Waals surface area contributed by atoms with Gasteiger partial charge in [0.15, 0.2) is 0 Å². The first-order valence-corrected chi connectivity index (χ1v) is 6.32. The second-order valence-corrected chi connectivity index (χ2v) is 4.87. The van der Waals surface area contributed by atoms with E-state index in [1.54, 1.807) is 7.11 Å². The molecule has 1 aliphatic heterocycles. The molecule has 6 nitrogen and oxygen atoms in total. The highest BCUT2D eigenvalue weighted by Crippen LogP contribution is 2.22. The predicted octanol–water partition coefficient (Wildman–Crippen LogP) is 1.63. The van der Waals surface area contributed by atoms with E-state index in [0.29, 0.717) is 31.9 Å². The molecule has 0 spiro atoms. The third kappa shape index (κ3) is 3.50. The second-order valence-electron chi connectivity index (χ2n) is 4.87. The summed E-state index contributed by atoms with van der Waals surface area (Å²) in [5, 5.41) is 13.8. The van der Waals surface area contributed by atoms with Crippen molar-refractivity contribution < 1.29 is 18.8 Å². The molecule has 0 bridgehead atoms. The van der Waals surface area contributed by atoms with Crippen LogP contribution >= 0.6 is 0 Å². The lowest BCUT2D eigenvalue weighted by atomic mass is 10.0. The summed E-state index contributed by atoms with van der Waals surface area (Å²) in [6, 6.07) is 3.55. The van der Waals surface area contributed by atoms with Crippen LogP contribution in [-0.4, -0.2) is 37.4 Å². The van der Waals surface area contributed by atoms with Gasteiger partial charge in [-0.05, 0) is 11.6 Å². The van der Waals surface area contributed by atoms with Crippen molar-refractivity contribution in [3.05, 3.63) is 39.7 Å². The maximum Gasteiger partial charge on any atom is 0.272 e. The molecule has 1 N–H and O–H groups in total. The van der Waals surface area contributed by atoms with Gasteiger partial charge in [0, 0.05) is 39.3 Å². The number of hydrogen-bond donors (Lipinski definition) is 1. The molecule has 2 rings (SSSR count). The Balaban J connectivity index is 1.95. The van der Waals surface area contributed by atoms with Gasteiger partial charge in [-0.1, -0.05) is 0 Å². The highest BCUT2D eigenvalue weighted by molar-refractivity contribution is 5.35. The highest BCUT2D eigenvalue weighted by atomic mass is 19.1. The number of benzene rings is 1. The van der Waals surface area contributed by atoms with Crippen molar-refractivity contribution in [3.8, 4) is 0 Å². The molecule has 1 atom stereocenters. The summed E-state index contributed by atoms with van der Waals surface area (Å²) in [5.74, 6) is -0.610. The van der Waals surface area contributed by atoms with Gasteiger partial charge in [-0.15, -0.1) is 0 Å². The molecule has 1 saturated heterocycles. The largest absolute Gasteiger partial charge is 0.378 e. The number of non-ortho nitro benzene ring substituents is 1. The molecular formula is C13H17FN2O4. The fraction of sp³-hybridized carbons (Fsp3) is 0.538. The molecule has 110 valence electrons. The zero-order valence-electron chi connectivity index (χ0n) is 11.2. The number of nitrogens with one attached hydrogen (secondary N) is 1. The van der Waals surface area contributed by atoms with Gasteiger partial charge >= 0.3 is 0 Å². The Morgan fingerprint density at radius 2 is 2.35 bits per heavy atom. The molecule has 1 aliphatic rings. The third-order valence-corrected chi connectivity index (χ3v) is 3.43. The van der Waals surface area contributed by atoms with Crippen molar-refractivity contribution in [1.29, 1.82) is 0 Å². The fourth-order valence-corrected chi connectivity index (χ4v) is 2.24. The topological polar surface area (TPSA) is 73.6 Å². The Bertz CT molecular complexity index is 489. The van der Waals surface area contributed by atoms with Gasteiger partial charge < -0.3 is 14.8 Å². The molecule has 0 aromatic heterocycles. The molecule has 1 unspecified atom stereocenters. The minimum Gasteiger partial charge on any atom is -0.378 e. The number of nitro groups is 1. The zero-order chi connectivity index (χ0) is 14.6. The van der Waals surface area contributed by atoms with E-state index in [9.17, 15) is 14.5 Å². The first-order valence-electron chi connectivity index (χ1n) is 6.32. The van der Waals surface area contributed by atoms with Crippen LogP contribution in [0.15, 0.2) is 18.2 Å². The molecule has 7 heteroatoms. The van der Waals surface area contributed by atoms with Crippen LogP contribution in [0.4, 0.5) is 10.1 Å². The number of halogens is 1. The molecule has 1 heterocycles. The minimum atomic E-state index is -0.610. The van der Waals surface area contributed by atoms with E-state index in [1.807, 2.05) is 0 Å². The van der Waals surface area contributed by atoms with Gasteiger partial charge in [0.2, 0.25) is 0 Å². The molecular weight excluding hydrogens is 267 g/mol. The standard InChI is InChI=1S/C13H17FN2O4/c1-19-13(2-3-20-9-13)8-15-7-10-4-11(14)6-12(5-10)16(17)18/h4-6,15H,2-3,7-9H2,1H3. The molecule has 0 amide bonds. The smallest absolute Gasteiger partial charge is 0.272 e. The van der Waals surface area contributed by atoms with Gasteiger partial charge in [0.25, 0.3) is 5.69 Å². The number of hydrogen-bond acceptors (Lipinski definition) is 5. The van der Waals surface area contributed by atoms with Crippen molar-refractivity contribution in [1.82, 2.24) is 5.32 Å². The monoisotopic (exact) mass is 284 g/mol. The van der Waals surface area contributed by atoms with E-state index in [1.165, 1.54) is 12.1 Å². The van der Waals surface area contributed by atoms with Gasteiger partial charge in [-0.2, -0.15) is 0 Å². The molecule has 0 aliphatic carbocycles. The van der Waals surface area contributed by atoms with Crippen LogP contribution in [0.5, 0.6) is 0 Å². The Labute approximate surface area is 116 Å². The Hall–Kier alpha value is -1.57. The lowest BCUT2D eigenvalue weighted by Gasteiger charge is -2.26. The number of nitrogens with zero attached hydrogens (tertiary/aromatic N) is 1. The molecule has 20 heavy (non-hydrogen) atoms. The maximum atomic E-state index is 13.3. The Morgan fingerprint density at radius 3 is 2.95 bits per heavy atom. The van der Waals surface area contributed by atoms with Crippen LogP contribution in [0.2, 0.25) is 0 Å². The molecule has 0 saturated carbocycles. The average molecular weight is 284 g/mol. The van der Waals surface area contributed by atoms with E-state index >= 15 is 0 Å². The molecule has 1 aromatic rings. The molecule has 1 aromatic carbocycles. The van der Waals surface area contributed by atoms with Crippen molar-refractivity contribution in [2.75, 3.05) is 26.9 Å². The lowest BCUT2D eigenvalue weighted by molar-refractivity contribution is -0.385. The summed E-state index contributed by atoms with van der Waals surface area (Å²) >= 11 is 0. The Morgan fingerprint density at radius 1 is 1.55 bits per heavy atom. The number of methoxy groups -OCH3 is 1. The van der Waals surface area contributed by atoms with E-state index < -0.39 is 10.7 Å². The predicted molar refractivity (Wildman–Crippen MR) is 69.9 cm³/mol. The van der Waals surface area contributed by atoms with Gasteiger partial charge in [0.1, 0.15) is 11.4 Å². The SMILES string of the molecule is COC1(CNCc2cc(F)cc([N+](=O)[O-])c2)CCOC1. The first kappa shape index (κ1) is 14.8. The van der Waals surface area contributed by atoms with Crippen LogP contribution in [0, 0.1) is 15.9 Å². The maximum absolute atomic E-state index is 13.3. The van der Waals surface area contributed by atoms with Gasteiger partial charge in [-0.3, -0.25) is 10.1 Å². The average Bonchev–Trinajstić information content (AvgIpc) is 2.87. The van der Waals surface area contributed by atoms with E-state index in [0.717, 1.165) is 12.5 Å². The van der Waals surface area contributed by atoms with Crippen LogP contribution in [0.25, 0.3) is 0 Å². The third-order valence-electron chi connectivity index (χ3n) is 3.43. The van der Waals surface area contributed by atoms with Crippen molar-refractivity contribution >= 4 is 5.69 Å². The summed E-state index contributed by atoms with van der Waals surface area (Å²) in [6.45, 7) is 2.05. The summed E-state index contributed by atoms with van der Waals surface area (Å²) in [5.41, 5.74) is -0.0754. The summed E-state index contributed by atoms with van der Waals surface area (Å²) in [6.07, 6.45) is 0.791. The van der Waals surface area contributed by atoms with E-state index in [-0.39, 0.29) is 11.3 Å². The molecule has 1 fully saturated rings. The van der Waals surface area contributed by atoms with Gasteiger partial charge in [0.05, 0.1) is 17.6 Å². The molecule has 0 radical (unpaired) electrons. The lowest BCUT2D eigenvalue weighted by Crippen LogP contribution is -2.42. The van der Waals surface area contributed by atoms with E-state index in [2.05, 4.69) is 5.32 Å². The highest BCUT2D eigenvalue weighted by Gasteiger charge is 2.34. The van der Waals surface area contributed by atoms with Crippen molar-refractivity contribution in [2.45, 2.75) is 18.6 Å². The zero-order valence-corrected chi connectivity index (χ0v) is 11.2. The van der Waals surface area contributed by atoms with Crippen LogP contribution in [-0.2, 0) is 16.0 Å². The number of nitro benzene ring substituents is 1. The summed E-state index contributed by atoms with van der Waals surface area (Å²) in [4.78, 5) is 10.1. The van der Waals surface area contributed by atoms with Crippen molar-refractivity contribution in [3.63, 3.8) is 0 Å². The van der Waals surface area contributed by atoms with Gasteiger partial charge in [-0.25, -0.2) is 4.39 Å². The minimum absolute atomic E-state index is 0.243. The fourth-order valence-electron chi connectivity index (χ4n) is 2.24. The van der Waals surface area contributed by atoms with Crippen LogP contribution < -0.4 is 5.32 Å². The van der Waals surface area contributed by atoms with E-state index in [4.69, 9.17) is 9.47 Å². The van der Waals surface area contributed by atoms with Crippen LogP contribution in [0.3, 0.4) is 0 Å². The van der Waals surface area contributed by atoms with Crippen molar-refractivity contribution in [2.24, 2.45) is 0 Å².